The third-order valence-corrected chi connectivity index (χ3v) is 3.71. The highest BCUT2D eigenvalue weighted by Crippen LogP contribution is 2.14. The number of benzene rings is 2. The number of nitrogens with zero attached hydrogens (tertiary/aromatic N) is 2. The monoisotopic (exact) mass is 346 g/mol. The Morgan fingerprint density at radius 2 is 2.00 bits per heavy atom. The predicted octanol–water partition coefficient (Wildman–Crippen LogP) is 2.42. The quantitative estimate of drug-likeness (QED) is 0.771. The Kier molecular flexibility index (Phi) is 4.76. The molecular weight excluding hydrogens is 330 g/mol. The van der Waals surface area contributed by atoms with Crippen LogP contribution in [0, 0.1) is 18.6 Å². The van der Waals surface area contributed by atoms with Crippen LogP contribution in [0.25, 0.3) is 10.9 Å². The van der Waals surface area contributed by atoms with E-state index < -0.39 is 23.3 Å². The largest absolute Gasteiger partial charge is 0.491 e. The van der Waals surface area contributed by atoms with Crippen LogP contribution < -0.4 is 10.3 Å². The van der Waals surface area contributed by atoms with Gasteiger partial charge in [-0.05, 0) is 30.7 Å². The van der Waals surface area contributed by atoms with Crippen molar-refractivity contribution < 1.29 is 18.6 Å². The molecule has 0 saturated carbocycles. The van der Waals surface area contributed by atoms with Gasteiger partial charge >= 0.3 is 0 Å². The number of rotatable bonds is 5. The van der Waals surface area contributed by atoms with E-state index in [9.17, 15) is 18.7 Å². The number of aliphatic hydroxyl groups excluding tert-OH is 1. The van der Waals surface area contributed by atoms with E-state index in [2.05, 4.69) is 4.98 Å². The molecule has 0 amide bonds. The topological polar surface area (TPSA) is 64.3 Å². The molecule has 0 bridgehead atoms. The van der Waals surface area contributed by atoms with Gasteiger partial charge in [0.05, 0.1) is 23.8 Å². The fourth-order valence-electron chi connectivity index (χ4n) is 2.46. The lowest BCUT2D eigenvalue weighted by atomic mass is 10.2. The zero-order valence-electron chi connectivity index (χ0n) is 13.4. The molecule has 130 valence electrons. The van der Waals surface area contributed by atoms with Crippen molar-refractivity contribution in [2.45, 2.75) is 19.6 Å². The maximum atomic E-state index is 13.3. The van der Waals surface area contributed by atoms with Crippen LogP contribution in [0.4, 0.5) is 8.78 Å². The highest BCUT2D eigenvalue weighted by atomic mass is 19.2. The van der Waals surface area contributed by atoms with Crippen LogP contribution >= 0.6 is 0 Å². The van der Waals surface area contributed by atoms with Crippen molar-refractivity contribution in [3.63, 3.8) is 0 Å². The molecule has 7 heteroatoms. The summed E-state index contributed by atoms with van der Waals surface area (Å²) >= 11 is 0. The van der Waals surface area contributed by atoms with Gasteiger partial charge in [-0.1, -0.05) is 12.1 Å². The van der Waals surface area contributed by atoms with Gasteiger partial charge in [0.1, 0.15) is 18.5 Å². The van der Waals surface area contributed by atoms with E-state index in [1.54, 1.807) is 6.07 Å². The number of aryl methyl sites for hydroxylation is 1. The zero-order valence-corrected chi connectivity index (χ0v) is 13.4. The lowest BCUT2D eigenvalue weighted by Gasteiger charge is -2.14. The molecule has 1 unspecified atom stereocenters. The summed E-state index contributed by atoms with van der Waals surface area (Å²) in [7, 11) is 0. The number of hydrogen-bond acceptors (Lipinski definition) is 4. The SMILES string of the molecule is Cc1cccc(OCC(O)Cn2cnc3cc(F)c(F)cc3c2=O)c1. The van der Waals surface area contributed by atoms with Gasteiger partial charge in [0.15, 0.2) is 11.6 Å². The van der Waals surface area contributed by atoms with Gasteiger partial charge in [-0.2, -0.15) is 0 Å². The van der Waals surface area contributed by atoms with E-state index in [4.69, 9.17) is 4.74 Å². The number of halogens is 2. The molecule has 5 nitrogen and oxygen atoms in total. The highest BCUT2D eigenvalue weighted by molar-refractivity contribution is 5.77. The summed E-state index contributed by atoms with van der Waals surface area (Å²) in [6.07, 6.45) is 0.223. The Labute approximate surface area is 142 Å². The fourth-order valence-corrected chi connectivity index (χ4v) is 2.46. The molecule has 0 spiro atoms. The summed E-state index contributed by atoms with van der Waals surface area (Å²) in [5.74, 6) is -1.57. The van der Waals surface area contributed by atoms with E-state index in [-0.39, 0.29) is 24.1 Å². The molecule has 0 radical (unpaired) electrons. The second-order valence-electron chi connectivity index (χ2n) is 5.77. The van der Waals surface area contributed by atoms with Crippen molar-refractivity contribution in [3.05, 3.63) is 70.3 Å². The summed E-state index contributed by atoms with van der Waals surface area (Å²) in [5.41, 5.74) is 0.528. The van der Waals surface area contributed by atoms with E-state index in [0.717, 1.165) is 22.3 Å². The van der Waals surface area contributed by atoms with E-state index >= 15 is 0 Å². The van der Waals surface area contributed by atoms with Gasteiger partial charge in [0, 0.05) is 6.07 Å². The molecular formula is C18H16F2N2O3. The molecule has 3 rings (SSSR count). The Balaban J connectivity index is 1.75. The Bertz CT molecular complexity index is 972. The minimum atomic E-state index is -1.12. The number of hydrogen-bond donors (Lipinski definition) is 1. The maximum Gasteiger partial charge on any atom is 0.261 e. The average Bonchev–Trinajstić information content (AvgIpc) is 2.58. The number of aliphatic hydroxyl groups is 1. The van der Waals surface area contributed by atoms with Gasteiger partial charge in [-0.15, -0.1) is 0 Å². The van der Waals surface area contributed by atoms with Crippen molar-refractivity contribution in [1.29, 1.82) is 0 Å². The van der Waals surface area contributed by atoms with E-state index in [0.29, 0.717) is 5.75 Å². The normalized spacial score (nSPS) is 12.3. The van der Waals surface area contributed by atoms with Crippen molar-refractivity contribution in [2.24, 2.45) is 0 Å². The second kappa shape index (κ2) is 6.98. The summed E-state index contributed by atoms with van der Waals surface area (Å²) < 4.78 is 33.2. The zero-order chi connectivity index (χ0) is 18.0. The Hall–Kier alpha value is -2.80. The first-order chi connectivity index (χ1) is 11.9. The maximum absolute atomic E-state index is 13.3. The van der Waals surface area contributed by atoms with Gasteiger partial charge in [0.2, 0.25) is 0 Å². The highest BCUT2D eigenvalue weighted by Gasteiger charge is 2.13. The van der Waals surface area contributed by atoms with Crippen LogP contribution in [0.1, 0.15) is 5.56 Å². The molecule has 1 N–H and O–H groups in total. The minimum absolute atomic E-state index is 0.0221. The van der Waals surface area contributed by atoms with Crippen molar-refractivity contribution in [1.82, 2.24) is 9.55 Å². The molecule has 2 aromatic carbocycles. The molecule has 0 aliphatic heterocycles. The van der Waals surface area contributed by atoms with Crippen molar-refractivity contribution >= 4 is 10.9 Å². The molecule has 0 aliphatic carbocycles. The third kappa shape index (κ3) is 3.83. The molecule has 25 heavy (non-hydrogen) atoms. The molecule has 0 saturated heterocycles. The first-order valence-electron chi connectivity index (χ1n) is 7.66. The Morgan fingerprint density at radius 1 is 1.24 bits per heavy atom. The molecule has 1 aromatic heterocycles. The molecule has 1 heterocycles. The van der Waals surface area contributed by atoms with Crippen LogP contribution in [0.15, 0.2) is 47.5 Å². The summed E-state index contributed by atoms with van der Waals surface area (Å²) in [6.45, 7) is 1.82. The molecule has 0 fully saturated rings. The molecule has 3 aromatic rings. The first-order valence-corrected chi connectivity index (χ1v) is 7.66. The fraction of sp³-hybridized carbons (Fsp3) is 0.222. The van der Waals surface area contributed by atoms with E-state index in [1.165, 1.54) is 6.33 Å². The van der Waals surface area contributed by atoms with Crippen LogP contribution in [-0.2, 0) is 6.54 Å². The minimum Gasteiger partial charge on any atom is -0.491 e. The average molecular weight is 346 g/mol. The van der Waals surface area contributed by atoms with Crippen LogP contribution in [0.5, 0.6) is 5.75 Å². The Morgan fingerprint density at radius 3 is 2.76 bits per heavy atom. The summed E-state index contributed by atoms with van der Waals surface area (Å²) in [4.78, 5) is 16.3. The number of fused-ring (bicyclic) bond motifs is 1. The first kappa shape index (κ1) is 17.0. The second-order valence-corrected chi connectivity index (χ2v) is 5.77. The van der Waals surface area contributed by atoms with E-state index in [1.807, 2.05) is 25.1 Å². The van der Waals surface area contributed by atoms with Crippen LogP contribution in [0.3, 0.4) is 0 Å². The number of ether oxygens (including phenoxy) is 1. The van der Waals surface area contributed by atoms with Crippen molar-refractivity contribution in [3.8, 4) is 5.75 Å². The van der Waals surface area contributed by atoms with Crippen molar-refractivity contribution in [2.75, 3.05) is 6.61 Å². The van der Waals surface area contributed by atoms with Gasteiger partial charge in [-0.25, -0.2) is 13.8 Å². The molecule has 0 aliphatic rings. The lowest BCUT2D eigenvalue weighted by Crippen LogP contribution is -2.30. The van der Waals surface area contributed by atoms with Gasteiger partial charge in [-0.3, -0.25) is 9.36 Å². The lowest BCUT2D eigenvalue weighted by molar-refractivity contribution is 0.0914. The summed E-state index contributed by atoms with van der Waals surface area (Å²) in [6, 6.07) is 9.03. The van der Waals surface area contributed by atoms with Gasteiger partial charge in [0.25, 0.3) is 5.56 Å². The molecule has 1 atom stereocenters. The number of aromatic nitrogens is 2. The van der Waals surface area contributed by atoms with Crippen LogP contribution in [-0.4, -0.2) is 27.4 Å². The van der Waals surface area contributed by atoms with Crippen LogP contribution in [0.2, 0.25) is 0 Å². The summed E-state index contributed by atoms with van der Waals surface area (Å²) in [5, 5.41) is 10.0. The third-order valence-electron chi connectivity index (χ3n) is 3.71. The standard InChI is InChI=1S/C18H16F2N2O3/c1-11-3-2-4-13(5-11)25-9-12(23)8-22-10-21-17-7-16(20)15(19)6-14(17)18(22)24/h2-7,10,12,23H,8-9H2,1H3. The smallest absolute Gasteiger partial charge is 0.261 e. The van der Waals surface area contributed by atoms with Gasteiger partial charge < -0.3 is 9.84 Å². The predicted molar refractivity (Wildman–Crippen MR) is 88.6 cm³/mol.